The monoisotopic (exact) mass is 390 g/mol. The summed E-state index contributed by atoms with van der Waals surface area (Å²) in [5.74, 6) is 0.409. The lowest BCUT2D eigenvalue weighted by Crippen LogP contribution is -2.67. The van der Waals surface area contributed by atoms with Crippen LogP contribution in [-0.4, -0.2) is 45.2 Å². The molecule has 0 radical (unpaired) electrons. The number of cyclic esters (lactones) is 1. The average molecular weight is 391 g/mol. The van der Waals surface area contributed by atoms with Crippen molar-refractivity contribution in [1.82, 2.24) is 0 Å². The molecule has 1 aliphatic heterocycles. The van der Waals surface area contributed by atoms with E-state index in [1.165, 1.54) is 0 Å². The van der Waals surface area contributed by atoms with Crippen molar-refractivity contribution in [3.63, 3.8) is 0 Å². The number of fused-ring (bicyclic) bond motifs is 5. The van der Waals surface area contributed by atoms with E-state index in [9.17, 15) is 20.1 Å². The van der Waals surface area contributed by atoms with E-state index in [0.717, 1.165) is 50.5 Å². The highest BCUT2D eigenvalue weighted by atomic mass is 16.5. The van der Waals surface area contributed by atoms with Gasteiger partial charge in [-0.25, -0.2) is 4.79 Å². The molecule has 5 heteroatoms. The standard InChI is InChI=1S/C23H34O5/c1-20-7-3-15(24)12-22(20,26)9-5-18-17(20)4-8-21(2)16(6-10-23(18,21)27)14-11-19(25)28-13-14/h11,15-18,24,26-27H,3-10,12-13H2,1-2H3/t15-,16-,17-,18+,20-,21-,22+,23+/m1/s1. The third-order valence-electron chi connectivity index (χ3n) is 10.1. The Labute approximate surface area is 167 Å². The molecule has 4 aliphatic carbocycles. The van der Waals surface area contributed by atoms with E-state index in [0.29, 0.717) is 19.4 Å². The Hall–Kier alpha value is -0.910. The number of carbonyl (C=O) groups excluding carboxylic acids is 1. The van der Waals surface area contributed by atoms with Gasteiger partial charge in [0.05, 0.1) is 17.3 Å². The largest absolute Gasteiger partial charge is 0.458 e. The topological polar surface area (TPSA) is 87.0 Å². The van der Waals surface area contributed by atoms with Gasteiger partial charge in [0.25, 0.3) is 0 Å². The number of carbonyl (C=O) groups is 1. The van der Waals surface area contributed by atoms with Gasteiger partial charge in [0.2, 0.25) is 0 Å². The molecule has 5 nitrogen and oxygen atoms in total. The van der Waals surface area contributed by atoms with Crippen LogP contribution >= 0.6 is 0 Å². The van der Waals surface area contributed by atoms with E-state index in [-0.39, 0.29) is 34.6 Å². The highest BCUT2D eigenvalue weighted by molar-refractivity contribution is 5.85. The summed E-state index contributed by atoms with van der Waals surface area (Å²) < 4.78 is 5.18. The van der Waals surface area contributed by atoms with E-state index in [2.05, 4.69) is 13.8 Å². The molecule has 0 saturated heterocycles. The van der Waals surface area contributed by atoms with Crippen LogP contribution in [0.15, 0.2) is 11.6 Å². The number of esters is 1. The van der Waals surface area contributed by atoms with Crippen LogP contribution in [0.2, 0.25) is 0 Å². The second-order valence-electron chi connectivity index (χ2n) is 10.9. The Morgan fingerprint density at radius 2 is 1.68 bits per heavy atom. The number of aliphatic hydroxyl groups excluding tert-OH is 1. The van der Waals surface area contributed by atoms with Gasteiger partial charge in [0, 0.05) is 17.9 Å². The van der Waals surface area contributed by atoms with E-state index in [1.54, 1.807) is 6.08 Å². The highest BCUT2D eigenvalue weighted by Crippen LogP contribution is 2.70. The predicted octanol–water partition coefficient (Wildman–Crippen LogP) is 2.72. The van der Waals surface area contributed by atoms with Gasteiger partial charge in [-0.3, -0.25) is 0 Å². The van der Waals surface area contributed by atoms with Crippen molar-refractivity contribution in [3.05, 3.63) is 11.6 Å². The number of hydrogen-bond acceptors (Lipinski definition) is 5. The molecule has 0 unspecified atom stereocenters. The fraction of sp³-hybridized carbons (Fsp3) is 0.870. The van der Waals surface area contributed by atoms with E-state index in [1.807, 2.05) is 0 Å². The van der Waals surface area contributed by atoms with Crippen LogP contribution < -0.4 is 0 Å². The molecule has 0 aromatic heterocycles. The van der Waals surface area contributed by atoms with Gasteiger partial charge in [-0.15, -0.1) is 0 Å². The van der Waals surface area contributed by atoms with Gasteiger partial charge in [0.1, 0.15) is 6.61 Å². The van der Waals surface area contributed by atoms with Crippen molar-refractivity contribution in [3.8, 4) is 0 Å². The predicted molar refractivity (Wildman–Crippen MR) is 103 cm³/mol. The minimum atomic E-state index is -0.817. The number of aliphatic hydroxyl groups is 3. The fourth-order valence-corrected chi connectivity index (χ4v) is 8.38. The lowest BCUT2D eigenvalue weighted by molar-refractivity contribution is -0.254. The summed E-state index contributed by atoms with van der Waals surface area (Å²) in [6.07, 6.45) is 8.33. The molecular weight excluding hydrogens is 356 g/mol. The van der Waals surface area contributed by atoms with Crippen LogP contribution in [0.4, 0.5) is 0 Å². The van der Waals surface area contributed by atoms with Crippen LogP contribution in [0, 0.1) is 28.6 Å². The molecule has 0 bridgehead atoms. The van der Waals surface area contributed by atoms with Crippen LogP contribution in [-0.2, 0) is 9.53 Å². The maximum atomic E-state index is 12.1. The molecule has 1 heterocycles. The number of hydrogen-bond donors (Lipinski definition) is 3. The molecule has 5 aliphatic rings. The van der Waals surface area contributed by atoms with E-state index in [4.69, 9.17) is 4.74 Å². The maximum absolute atomic E-state index is 12.1. The first kappa shape index (κ1) is 19.1. The summed E-state index contributed by atoms with van der Waals surface area (Å²) in [6.45, 7) is 4.80. The van der Waals surface area contributed by atoms with Gasteiger partial charge in [-0.2, -0.15) is 0 Å². The molecule has 0 aromatic carbocycles. The van der Waals surface area contributed by atoms with E-state index < -0.39 is 17.3 Å². The van der Waals surface area contributed by atoms with Gasteiger partial charge >= 0.3 is 5.97 Å². The van der Waals surface area contributed by atoms with Crippen LogP contribution in [0.25, 0.3) is 0 Å². The summed E-state index contributed by atoms with van der Waals surface area (Å²) in [5.41, 5.74) is -0.999. The normalized spacial score (nSPS) is 55.8. The molecule has 0 spiro atoms. The van der Waals surface area contributed by atoms with Gasteiger partial charge < -0.3 is 20.1 Å². The molecule has 28 heavy (non-hydrogen) atoms. The lowest BCUT2D eigenvalue weighted by Gasteiger charge is -2.66. The summed E-state index contributed by atoms with van der Waals surface area (Å²) >= 11 is 0. The Morgan fingerprint density at radius 3 is 2.39 bits per heavy atom. The molecular formula is C23H34O5. The highest BCUT2D eigenvalue weighted by Gasteiger charge is 2.70. The SMILES string of the molecule is C[C@]12CC[C@@H](O)C[C@@]1(O)CC[C@H]1[C@H]2CC[C@]2(C)[C@@H](C3=CC(=O)OC3)CC[C@]12O. The van der Waals surface area contributed by atoms with Crippen molar-refractivity contribution in [2.45, 2.75) is 88.9 Å². The first-order chi connectivity index (χ1) is 13.1. The quantitative estimate of drug-likeness (QED) is 0.599. The van der Waals surface area contributed by atoms with Crippen LogP contribution in [0.5, 0.6) is 0 Å². The summed E-state index contributed by atoms with van der Waals surface area (Å²) in [4.78, 5) is 11.6. The second kappa shape index (κ2) is 5.83. The summed E-state index contributed by atoms with van der Waals surface area (Å²) in [7, 11) is 0. The summed E-state index contributed by atoms with van der Waals surface area (Å²) in [6, 6.07) is 0. The van der Waals surface area contributed by atoms with Gasteiger partial charge in [-0.05, 0) is 80.1 Å². The Morgan fingerprint density at radius 1 is 0.964 bits per heavy atom. The first-order valence-electron chi connectivity index (χ1n) is 11.1. The minimum Gasteiger partial charge on any atom is -0.458 e. The van der Waals surface area contributed by atoms with Crippen molar-refractivity contribution in [2.24, 2.45) is 28.6 Å². The Bertz CT molecular complexity index is 733. The zero-order valence-electron chi connectivity index (χ0n) is 17.1. The zero-order chi connectivity index (χ0) is 19.9. The van der Waals surface area contributed by atoms with Crippen LogP contribution in [0.1, 0.15) is 71.6 Å². The molecule has 156 valence electrons. The third kappa shape index (κ3) is 2.21. The number of ether oxygens (including phenoxy) is 1. The Kier molecular flexibility index (Phi) is 3.97. The maximum Gasteiger partial charge on any atom is 0.331 e. The van der Waals surface area contributed by atoms with Gasteiger partial charge in [0.15, 0.2) is 0 Å². The van der Waals surface area contributed by atoms with Crippen LogP contribution in [0.3, 0.4) is 0 Å². The number of rotatable bonds is 1. The molecule has 4 fully saturated rings. The molecule has 0 aromatic rings. The first-order valence-corrected chi connectivity index (χ1v) is 11.1. The molecule has 5 rings (SSSR count). The Balaban J connectivity index is 1.49. The molecule has 8 atom stereocenters. The van der Waals surface area contributed by atoms with Gasteiger partial charge in [-0.1, -0.05) is 13.8 Å². The van der Waals surface area contributed by atoms with Crippen molar-refractivity contribution in [1.29, 1.82) is 0 Å². The van der Waals surface area contributed by atoms with Crippen molar-refractivity contribution < 1.29 is 24.9 Å². The molecule has 3 N–H and O–H groups in total. The lowest BCUT2D eigenvalue weighted by atomic mass is 9.42. The fourth-order valence-electron chi connectivity index (χ4n) is 8.38. The third-order valence-corrected chi connectivity index (χ3v) is 10.1. The van der Waals surface area contributed by atoms with Crippen molar-refractivity contribution in [2.75, 3.05) is 6.61 Å². The zero-order valence-corrected chi connectivity index (χ0v) is 17.1. The average Bonchev–Trinajstić information content (AvgIpc) is 3.17. The smallest absolute Gasteiger partial charge is 0.331 e. The second-order valence-corrected chi connectivity index (χ2v) is 10.9. The van der Waals surface area contributed by atoms with Crippen molar-refractivity contribution >= 4 is 5.97 Å². The summed E-state index contributed by atoms with van der Waals surface area (Å²) in [5, 5.41) is 33.8. The van der Waals surface area contributed by atoms with E-state index >= 15 is 0 Å². The minimum absolute atomic E-state index is 0.176. The molecule has 0 amide bonds. The molecule has 4 saturated carbocycles.